The molecule has 88 valence electrons. The molecular weight excluding hydrogens is 367 g/mol. The number of nitrogens with one attached hydrogen (secondary N) is 1. The van der Waals surface area contributed by atoms with Gasteiger partial charge in [0.1, 0.15) is 4.60 Å². The lowest BCUT2D eigenvalue weighted by molar-refractivity contribution is 1.12. The van der Waals surface area contributed by atoms with Crippen LogP contribution in [-0.2, 0) is 6.54 Å². The van der Waals surface area contributed by atoms with Crippen molar-refractivity contribution in [1.82, 2.24) is 4.98 Å². The van der Waals surface area contributed by atoms with Crippen LogP contribution in [0.1, 0.15) is 5.56 Å². The maximum atomic E-state index is 5.95. The van der Waals surface area contributed by atoms with Gasteiger partial charge in [0.25, 0.3) is 0 Å². The Kier molecular flexibility index (Phi) is 4.42. The van der Waals surface area contributed by atoms with Crippen molar-refractivity contribution in [1.29, 1.82) is 0 Å². The SMILES string of the molecule is Clc1ccc(Br)c(CNc2ccc(Br)nc2)c1. The second kappa shape index (κ2) is 5.85. The summed E-state index contributed by atoms with van der Waals surface area (Å²) in [4.78, 5) is 4.15. The van der Waals surface area contributed by atoms with Crippen LogP contribution in [0.15, 0.2) is 45.6 Å². The van der Waals surface area contributed by atoms with Crippen LogP contribution >= 0.6 is 43.5 Å². The number of hydrogen-bond donors (Lipinski definition) is 1. The summed E-state index contributed by atoms with van der Waals surface area (Å²) in [6.07, 6.45) is 1.78. The first-order valence-electron chi connectivity index (χ1n) is 4.94. The quantitative estimate of drug-likeness (QED) is 0.773. The molecule has 0 spiro atoms. The minimum Gasteiger partial charge on any atom is -0.380 e. The van der Waals surface area contributed by atoms with Gasteiger partial charge in [-0.3, -0.25) is 0 Å². The van der Waals surface area contributed by atoms with Gasteiger partial charge in [0.05, 0.1) is 11.9 Å². The van der Waals surface area contributed by atoms with Crippen LogP contribution in [-0.4, -0.2) is 4.98 Å². The van der Waals surface area contributed by atoms with Gasteiger partial charge in [0.15, 0.2) is 0 Å². The van der Waals surface area contributed by atoms with Crippen molar-refractivity contribution >= 4 is 49.1 Å². The molecule has 1 aromatic heterocycles. The first-order chi connectivity index (χ1) is 8.15. The zero-order valence-corrected chi connectivity index (χ0v) is 12.7. The Morgan fingerprint density at radius 3 is 2.71 bits per heavy atom. The Hall–Kier alpha value is -0.580. The Balaban J connectivity index is 2.07. The number of halogens is 3. The minimum absolute atomic E-state index is 0.699. The first-order valence-corrected chi connectivity index (χ1v) is 6.91. The van der Waals surface area contributed by atoms with E-state index in [1.54, 1.807) is 6.20 Å². The predicted octanol–water partition coefficient (Wildman–Crippen LogP) is 4.87. The molecule has 0 fully saturated rings. The lowest BCUT2D eigenvalue weighted by atomic mass is 10.2. The topological polar surface area (TPSA) is 24.9 Å². The van der Waals surface area contributed by atoms with E-state index < -0.39 is 0 Å². The highest BCUT2D eigenvalue weighted by Gasteiger charge is 2.01. The van der Waals surface area contributed by atoms with E-state index in [0.29, 0.717) is 6.54 Å². The minimum atomic E-state index is 0.699. The number of rotatable bonds is 3. The molecule has 0 aliphatic carbocycles. The lowest BCUT2D eigenvalue weighted by Gasteiger charge is -2.08. The van der Waals surface area contributed by atoms with Crippen molar-refractivity contribution in [3.05, 3.63) is 56.2 Å². The van der Waals surface area contributed by atoms with Gasteiger partial charge in [0.2, 0.25) is 0 Å². The molecular formula is C12H9Br2ClN2. The van der Waals surface area contributed by atoms with Gasteiger partial charge in [0, 0.05) is 16.0 Å². The van der Waals surface area contributed by atoms with Gasteiger partial charge < -0.3 is 5.32 Å². The van der Waals surface area contributed by atoms with E-state index in [1.165, 1.54) is 0 Å². The van der Waals surface area contributed by atoms with E-state index >= 15 is 0 Å². The Bertz CT molecular complexity index is 514. The van der Waals surface area contributed by atoms with Crippen LogP contribution in [0.5, 0.6) is 0 Å². The van der Waals surface area contributed by atoms with Crippen LogP contribution in [0.4, 0.5) is 5.69 Å². The fourth-order valence-corrected chi connectivity index (χ4v) is 2.17. The second-order valence-corrected chi connectivity index (χ2v) is 5.56. The molecule has 0 radical (unpaired) electrons. The fourth-order valence-electron chi connectivity index (χ4n) is 1.36. The van der Waals surface area contributed by atoms with Crippen molar-refractivity contribution in [2.45, 2.75) is 6.54 Å². The number of anilines is 1. The zero-order chi connectivity index (χ0) is 12.3. The predicted molar refractivity (Wildman–Crippen MR) is 78.4 cm³/mol. The maximum Gasteiger partial charge on any atom is 0.106 e. The third-order valence-corrected chi connectivity index (χ3v) is 3.70. The summed E-state index contributed by atoms with van der Waals surface area (Å²) in [5.74, 6) is 0. The van der Waals surface area contributed by atoms with Crippen molar-refractivity contribution in [2.75, 3.05) is 5.32 Å². The third-order valence-electron chi connectivity index (χ3n) is 2.22. The molecule has 5 heteroatoms. The zero-order valence-electron chi connectivity index (χ0n) is 8.75. The Labute approximate surface area is 122 Å². The molecule has 0 saturated heterocycles. The van der Waals surface area contributed by atoms with Crippen LogP contribution in [0.2, 0.25) is 5.02 Å². The van der Waals surface area contributed by atoms with Crippen molar-refractivity contribution in [3.63, 3.8) is 0 Å². The van der Waals surface area contributed by atoms with Gasteiger partial charge >= 0.3 is 0 Å². The molecule has 0 unspecified atom stereocenters. The molecule has 2 rings (SSSR count). The van der Waals surface area contributed by atoms with Crippen LogP contribution in [0.25, 0.3) is 0 Å². The molecule has 0 saturated carbocycles. The lowest BCUT2D eigenvalue weighted by Crippen LogP contribution is -2.00. The van der Waals surface area contributed by atoms with Gasteiger partial charge in [-0.2, -0.15) is 0 Å². The molecule has 1 heterocycles. The van der Waals surface area contributed by atoms with Gasteiger partial charge in [-0.1, -0.05) is 27.5 Å². The van der Waals surface area contributed by atoms with Crippen molar-refractivity contribution < 1.29 is 0 Å². The number of benzene rings is 1. The van der Waals surface area contributed by atoms with E-state index in [9.17, 15) is 0 Å². The Morgan fingerprint density at radius 1 is 1.18 bits per heavy atom. The molecule has 0 amide bonds. The summed E-state index contributed by atoms with van der Waals surface area (Å²) in [5, 5.41) is 4.02. The standard InChI is InChI=1S/C12H9Br2ClN2/c13-11-3-1-9(15)5-8(11)6-16-10-2-4-12(14)17-7-10/h1-5,7,16H,6H2. The summed E-state index contributed by atoms with van der Waals surface area (Å²) >= 11 is 12.7. The van der Waals surface area contributed by atoms with Crippen LogP contribution in [0.3, 0.4) is 0 Å². The van der Waals surface area contributed by atoms with E-state index in [0.717, 1.165) is 25.3 Å². The molecule has 1 N–H and O–H groups in total. The normalized spacial score (nSPS) is 10.3. The van der Waals surface area contributed by atoms with E-state index in [1.807, 2.05) is 30.3 Å². The number of pyridine rings is 1. The summed E-state index contributed by atoms with van der Waals surface area (Å²) in [6, 6.07) is 9.60. The first kappa shape index (κ1) is 12.9. The highest BCUT2D eigenvalue weighted by Crippen LogP contribution is 2.22. The van der Waals surface area contributed by atoms with E-state index in [2.05, 4.69) is 42.2 Å². The highest BCUT2D eigenvalue weighted by atomic mass is 79.9. The second-order valence-electron chi connectivity index (χ2n) is 3.46. The summed E-state index contributed by atoms with van der Waals surface area (Å²) < 4.78 is 1.87. The average molecular weight is 376 g/mol. The summed E-state index contributed by atoms with van der Waals surface area (Å²) in [6.45, 7) is 0.699. The Morgan fingerprint density at radius 2 is 2.00 bits per heavy atom. The number of aromatic nitrogens is 1. The summed E-state index contributed by atoms with van der Waals surface area (Å²) in [7, 11) is 0. The third kappa shape index (κ3) is 3.69. The molecule has 0 atom stereocenters. The van der Waals surface area contributed by atoms with Gasteiger partial charge in [-0.25, -0.2) is 4.98 Å². The van der Waals surface area contributed by atoms with Crippen molar-refractivity contribution in [2.24, 2.45) is 0 Å². The highest BCUT2D eigenvalue weighted by molar-refractivity contribution is 9.10. The van der Waals surface area contributed by atoms with Crippen LogP contribution in [0, 0.1) is 0 Å². The average Bonchev–Trinajstić information content (AvgIpc) is 2.32. The van der Waals surface area contributed by atoms with E-state index in [4.69, 9.17) is 11.6 Å². The molecule has 2 aromatic rings. The molecule has 2 nitrogen and oxygen atoms in total. The van der Waals surface area contributed by atoms with Crippen LogP contribution < -0.4 is 5.32 Å². The molecule has 0 bridgehead atoms. The monoisotopic (exact) mass is 374 g/mol. The van der Waals surface area contributed by atoms with Crippen molar-refractivity contribution in [3.8, 4) is 0 Å². The fraction of sp³-hybridized carbons (Fsp3) is 0.0833. The molecule has 1 aromatic carbocycles. The molecule has 17 heavy (non-hydrogen) atoms. The van der Waals surface area contributed by atoms with Gasteiger partial charge in [-0.05, 0) is 51.8 Å². The van der Waals surface area contributed by atoms with E-state index in [-0.39, 0.29) is 0 Å². The smallest absolute Gasteiger partial charge is 0.106 e. The maximum absolute atomic E-state index is 5.95. The van der Waals surface area contributed by atoms with Gasteiger partial charge in [-0.15, -0.1) is 0 Å². The number of nitrogens with zero attached hydrogens (tertiary/aromatic N) is 1. The summed E-state index contributed by atoms with van der Waals surface area (Å²) in [5.41, 5.74) is 2.08. The largest absolute Gasteiger partial charge is 0.380 e. The number of hydrogen-bond acceptors (Lipinski definition) is 2. The molecule has 0 aliphatic rings. The molecule has 0 aliphatic heterocycles.